The molecule has 2 aromatic rings. The first-order valence-corrected chi connectivity index (χ1v) is 5.66. The number of rotatable bonds is 2. The van der Waals surface area contributed by atoms with Crippen LogP contribution in [0.3, 0.4) is 0 Å². The first kappa shape index (κ1) is 10.4. The number of hydrogen-bond acceptors (Lipinski definition) is 4. The van der Waals surface area contributed by atoms with E-state index in [2.05, 4.69) is 15.5 Å². The first-order chi connectivity index (χ1) is 8.33. The molecule has 1 unspecified atom stereocenters. The molecule has 0 radical (unpaired) electrons. The van der Waals surface area contributed by atoms with Crippen LogP contribution in [0.15, 0.2) is 28.8 Å². The number of nitrogens with zero attached hydrogens (tertiary/aromatic N) is 2. The summed E-state index contributed by atoms with van der Waals surface area (Å²) >= 11 is 0. The second kappa shape index (κ2) is 4.25. The lowest BCUT2D eigenvalue weighted by Crippen LogP contribution is -2.12. The Hall–Kier alpha value is -1.75. The maximum atomic E-state index is 13.1. The molecule has 88 valence electrons. The van der Waals surface area contributed by atoms with Crippen molar-refractivity contribution in [3.8, 4) is 11.4 Å². The number of aromatic nitrogens is 2. The van der Waals surface area contributed by atoms with Crippen molar-refractivity contribution >= 4 is 0 Å². The van der Waals surface area contributed by atoms with Gasteiger partial charge >= 0.3 is 0 Å². The van der Waals surface area contributed by atoms with Gasteiger partial charge in [-0.2, -0.15) is 4.98 Å². The van der Waals surface area contributed by atoms with Crippen LogP contribution in [0.5, 0.6) is 0 Å². The van der Waals surface area contributed by atoms with Gasteiger partial charge in [0.2, 0.25) is 11.7 Å². The fourth-order valence-electron chi connectivity index (χ4n) is 2.02. The van der Waals surface area contributed by atoms with Gasteiger partial charge in [0.15, 0.2) is 0 Å². The molecule has 0 aliphatic carbocycles. The van der Waals surface area contributed by atoms with Crippen LogP contribution >= 0.6 is 0 Å². The number of nitrogens with one attached hydrogen (secondary N) is 1. The minimum absolute atomic E-state index is 0.143. The number of halogens is 1. The molecule has 0 spiro atoms. The zero-order chi connectivity index (χ0) is 11.7. The molecule has 4 nitrogen and oxygen atoms in total. The van der Waals surface area contributed by atoms with Gasteiger partial charge in [-0.1, -0.05) is 17.3 Å². The van der Waals surface area contributed by atoms with Crippen LogP contribution in [-0.4, -0.2) is 16.7 Å². The molecular formula is C12H12FN3O. The quantitative estimate of drug-likeness (QED) is 0.864. The topological polar surface area (TPSA) is 51.0 Å². The fourth-order valence-corrected chi connectivity index (χ4v) is 2.02. The Kier molecular flexibility index (Phi) is 2.60. The maximum Gasteiger partial charge on any atom is 0.244 e. The first-order valence-electron chi connectivity index (χ1n) is 5.66. The highest BCUT2D eigenvalue weighted by Crippen LogP contribution is 2.24. The van der Waals surface area contributed by atoms with Crippen LogP contribution < -0.4 is 5.32 Å². The highest BCUT2D eigenvalue weighted by Gasteiger charge is 2.22. The van der Waals surface area contributed by atoms with Gasteiger partial charge in [0.1, 0.15) is 5.82 Å². The van der Waals surface area contributed by atoms with Crippen molar-refractivity contribution in [1.29, 1.82) is 0 Å². The van der Waals surface area contributed by atoms with E-state index in [9.17, 15) is 4.39 Å². The summed E-state index contributed by atoms with van der Waals surface area (Å²) in [5.74, 6) is 0.725. The summed E-state index contributed by atoms with van der Waals surface area (Å²) in [7, 11) is 0. The van der Waals surface area contributed by atoms with Crippen LogP contribution in [0, 0.1) is 5.82 Å². The minimum atomic E-state index is -0.298. The third-order valence-electron chi connectivity index (χ3n) is 2.88. The second-order valence-corrected chi connectivity index (χ2v) is 4.12. The molecule has 1 atom stereocenters. The summed E-state index contributed by atoms with van der Waals surface area (Å²) in [4.78, 5) is 4.30. The third kappa shape index (κ3) is 2.06. The Morgan fingerprint density at radius 3 is 3.12 bits per heavy atom. The molecule has 0 bridgehead atoms. The van der Waals surface area contributed by atoms with E-state index in [1.54, 1.807) is 12.1 Å². The van der Waals surface area contributed by atoms with Gasteiger partial charge in [0.25, 0.3) is 0 Å². The molecular weight excluding hydrogens is 221 g/mol. The molecule has 1 aromatic heterocycles. The molecule has 3 rings (SSSR count). The van der Waals surface area contributed by atoms with E-state index in [-0.39, 0.29) is 11.9 Å². The smallest absolute Gasteiger partial charge is 0.244 e. The Morgan fingerprint density at radius 1 is 1.41 bits per heavy atom. The van der Waals surface area contributed by atoms with Crippen LogP contribution in [0.25, 0.3) is 11.4 Å². The summed E-state index contributed by atoms with van der Waals surface area (Å²) in [6.07, 6.45) is 2.12. The number of hydrogen-bond donors (Lipinski definition) is 1. The van der Waals surface area contributed by atoms with E-state index in [4.69, 9.17) is 4.52 Å². The lowest BCUT2D eigenvalue weighted by atomic mass is 10.2. The lowest BCUT2D eigenvalue weighted by Gasteiger charge is -2.01. The second-order valence-electron chi connectivity index (χ2n) is 4.12. The van der Waals surface area contributed by atoms with Crippen LogP contribution in [0.1, 0.15) is 24.8 Å². The van der Waals surface area contributed by atoms with Crippen LogP contribution in [0.4, 0.5) is 4.39 Å². The van der Waals surface area contributed by atoms with E-state index in [0.717, 1.165) is 19.4 Å². The summed E-state index contributed by atoms with van der Waals surface area (Å²) < 4.78 is 18.3. The van der Waals surface area contributed by atoms with Crippen molar-refractivity contribution in [3.05, 3.63) is 36.0 Å². The van der Waals surface area contributed by atoms with Crippen molar-refractivity contribution in [3.63, 3.8) is 0 Å². The Labute approximate surface area is 97.8 Å². The molecule has 2 heterocycles. The molecule has 1 aliphatic heterocycles. The average Bonchev–Trinajstić information content (AvgIpc) is 3.00. The van der Waals surface area contributed by atoms with Gasteiger partial charge < -0.3 is 9.84 Å². The van der Waals surface area contributed by atoms with Crippen LogP contribution in [0.2, 0.25) is 0 Å². The molecule has 1 saturated heterocycles. The van der Waals surface area contributed by atoms with E-state index < -0.39 is 0 Å². The van der Waals surface area contributed by atoms with Gasteiger partial charge in [-0.15, -0.1) is 0 Å². The lowest BCUT2D eigenvalue weighted by molar-refractivity contribution is 0.345. The normalized spacial score (nSPS) is 19.7. The van der Waals surface area contributed by atoms with Crippen molar-refractivity contribution < 1.29 is 8.91 Å². The van der Waals surface area contributed by atoms with E-state index in [0.29, 0.717) is 17.3 Å². The molecule has 5 heteroatoms. The third-order valence-corrected chi connectivity index (χ3v) is 2.88. The van der Waals surface area contributed by atoms with Crippen molar-refractivity contribution in [2.24, 2.45) is 0 Å². The zero-order valence-corrected chi connectivity index (χ0v) is 9.19. The molecule has 0 saturated carbocycles. The van der Waals surface area contributed by atoms with Gasteiger partial charge in [-0.05, 0) is 31.5 Å². The standard InChI is InChI=1S/C12H12FN3O/c13-9-4-1-3-8(7-9)11-15-12(17-16-11)10-5-2-6-14-10/h1,3-4,7,10,14H,2,5-6H2. The minimum Gasteiger partial charge on any atom is -0.337 e. The summed E-state index contributed by atoms with van der Waals surface area (Å²) in [5, 5.41) is 7.16. The predicted molar refractivity (Wildman–Crippen MR) is 59.7 cm³/mol. The zero-order valence-electron chi connectivity index (χ0n) is 9.19. The van der Waals surface area contributed by atoms with Gasteiger partial charge in [-0.3, -0.25) is 0 Å². The van der Waals surface area contributed by atoms with Crippen molar-refractivity contribution in [2.45, 2.75) is 18.9 Å². The Morgan fingerprint density at radius 2 is 2.35 bits per heavy atom. The monoisotopic (exact) mass is 233 g/mol. The Balaban J connectivity index is 1.89. The SMILES string of the molecule is Fc1cccc(-c2noc(C3CCCN3)n2)c1. The van der Waals surface area contributed by atoms with Gasteiger partial charge in [0.05, 0.1) is 6.04 Å². The summed E-state index contributed by atoms with van der Waals surface area (Å²) in [6, 6.07) is 6.33. The van der Waals surface area contributed by atoms with Gasteiger partial charge in [0, 0.05) is 5.56 Å². The highest BCUT2D eigenvalue weighted by atomic mass is 19.1. The van der Waals surface area contributed by atoms with Crippen molar-refractivity contribution in [2.75, 3.05) is 6.54 Å². The molecule has 1 N–H and O–H groups in total. The van der Waals surface area contributed by atoms with E-state index in [1.807, 2.05) is 0 Å². The van der Waals surface area contributed by atoms with Crippen LogP contribution in [-0.2, 0) is 0 Å². The molecule has 1 aromatic carbocycles. The Bertz CT molecular complexity index is 520. The number of benzene rings is 1. The average molecular weight is 233 g/mol. The molecule has 1 aliphatic rings. The van der Waals surface area contributed by atoms with Crippen molar-refractivity contribution in [1.82, 2.24) is 15.5 Å². The molecule has 0 amide bonds. The summed E-state index contributed by atoms with van der Waals surface area (Å²) in [6.45, 7) is 0.975. The van der Waals surface area contributed by atoms with E-state index in [1.165, 1.54) is 12.1 Å². The predicted octanol–water partition coefficient (Wildman–Crippen LogP) is 2.30. The molecule has 17 heavy (non-hydrogen) atoms. The molecule has 1 fully saturated rings. The maximum absolute atomic E-state index is 13.1. The fraction of sp³-hybridized carbons (Fsp3) is 0.333. The summed E-state index contributed by atoms with van der Waals surface area (Å²) in [5.41, 5.74) is 0.637. The van der Waals surface area contributed by atoms with E-state index >= 15 is 0 Å². The van der Waals surface area contributed by atoms with Gasteiger partial charge in [-0.25, -0.2) is 4.39 Å². The largest absolute Gasteiger partial charge is 0.337 e. The highest BCUT2D eigenvalue weighted by molar-refractivity contribution is 5.53.